The van der Waals surface area contributed by atoms with Crippen LogP contribution in [0.4, 0.5) is 5.00 Å². The fourth-order valence-electron chi connectivity index (χ4n) is 2.90. The lowest BCUT2D eigenvalue weighted by atomic mass is 9.88. The van der Waals surface area contributed by atoms with E-state index in [-0.39, 0.29) is 18.4 Å². The molecule has 5 nitrogen and oxygen atoms in total. The summed E-state index contributed by atoms with van der Waals surface area (Å²) in [4.78, 5) is 25.8. The maximum absolute atomic E-state index is 12.4. The second kappa shape index (κ2) is 8.62. The van der Waals surface area contributed by atoms with E-state index in [4.69, 9.17) is 4.74 Å². The van der Waals surface area contributed by atoms with E-state index in [0.717, 1.165) is 31.4 Å². The average molecular weight is 353 g/mol. The minimum Gasteiger partial charge on any atom is -0.462 e. The average Bonchev–Trinajstić information content (AvgIpc) is 2.83. The van der Waals surface area contributed by atoms with E-state index < -0.39 is 0 Å². The van der Waals surface area contributed by atoms with E-state index in [1.165, 1.54) is 16.2 Å². The molecule has 0 radical (unpaired) electrons. The Morgan fingerprint density at radius 3 is 2.79 bits per heavy atom. The van der Waals surface area contributed by atoms with E-state index >= 15 is 0 Å². The number of anilines is 1. The number of nitrogens with one attached hydrogen (secondary N) is 2. The molecule has 1 amide bonds. The molecule has 0 unspecified atom stereocenters. The van der Waals surface area contributed by atoms with Crippen molar-refractivity contribution < 1.29 is 14.3 Å². The molecule has 0 spiro atoms. The summed E-state index contributed by atoms with van der Waals surface area (Å²) in [6.45, 7) is 9.59. The summed E-state index contributed by atoms with van der Waals surface area (Å²) in [5.41, 5.74) is 1.64. The maximum atomic E-state index is 12.4. The molecular weight excluding hydrogens is 324 g/mol. The fourth-order valence-corrected chi connectivity index (χ4v) is 4.32. The van der Waals surface area contributed by atoms with Crippen molar-refractivity contribution in [2.45, 2.75) is 47.0 Å². The van der Waals surface area contributed by atoms with E-state index in [1.807, 2.05) is 0 Å². The number of amides is 1. The van der Waals surface area contributed by atoms with Crippen molar-refractivity contribution in [2.24, 2.45) is 11.8 Å². The maximum Gasteiger partial charge on any atom is 0.341 e. The monoisotopic (exact) mass is 352 g/mol. The first-order valence-corrected chi connectivity index (χ1v) is 9.56. The smallest absolute Gasteiger partial charge is 0.341 e. The molecule has 134 valence electrons. The quantitative estimate of drug-likeness (QED) is 0.739. The van der Waals surface area contributed by atoms with Gasteiger partial charge in [-0.1, -0.05) is 20.8 Å². The van der Waals surface area contributed by atoms with Gasteiger partial charge in [-0.25, -0.2) is 4.79 Å². The number of fused-ring (bicyclic) bond motifs is 1. The van der Waals surface area contributed by atoms with Crippen LogP contribution in [0.25, 0.3) is 0 Å². The second-order valence-electron chi connectivity index (χ2n) is 6.85. The number of hydrogen-bond acceptors (Lipinski definition) is 5. The summed E-state index contributed by atoms with van der Waals surface area (Å²) in [6.07, 6.45) is 2.91. The first-order chi connectivity index (χ1) is 11.4. The molecule has 1 aromatic heterocycles. The Morgan fingerprint density at radius 2 is 2.12 bits per heavy atom. The lowest BCUT2D eigenvalue weighted by molar-refractivity contribution is -0.115. The third-order valence-electron chi connectivity index (χ3n) is 4.08. The highest BCUT2D eigenvalue weighted by Crippen LogP contribution is 2.40. The van der Waals surface area contributed by atoms with Gasteiger partial charge in [0.15, 0.2) is 0 Å². The third-order valence-corrected chi connectivity index (χ3v) is 5.25. The molecule has 0 saturated carbocycles. The number of hydrogen-bond donors (Lipinski definition) is 2. The molecule has 1 aliphatic rings. The molecule has 2 N–H and O–H groups in total. The first-order valence-electron chi connectivity index (χ1n) is 8.74. The molecule has 0 fully saturated rings. The van der Waals surface area contributed by atoms with Crippen molar-refractivity contribution in [3.63, 3.8) is 0 Å². The summed E-state index contributed by atoms with van der Waals surface area (Å²) >= 11 is 1.53. The summed E-state index contributed by atoms with van der Waals surface area (Å²) < 4.78 is 5.21. The van der Waals surface area contributed by atoms with Crippen LogP contribution in [0.5, 0.6) is 0 Å². The Bertz CT molecular complexity index is 595. The zero-order valence-electron chi connectivity index (χ0n) is 15.0. The van der Waals surface area contributed by atoms with Gasteiger partial charge in [-0.05, 0) is 50.1 Å². The zero-order chi connectivity index (χ0) is 17.7. The van der Waals surface area contributed by atoms with Crippen molar-refractivity contribution in [3.8, 4) is 0 Å². The van der Waals surface area contributed by atoms with Gasteiger partial charge in [0.2, 0.25) is 5.91 Å². The minimum absolute atomic E-state index is 0.118. The van der Waals surface area contributed by atoms with Crippen molar-refractivity contribution in [1.29, 1.82) is 0 Å². The van der Waals surface area contributed by atoms with Crippen LogP contribution in [0.3, 0.4) is 0 Å². The van der Waals surface area contributed by atoms with Crippen LogP contribution in [0.15, 0.2) is 0 Å². The molecule has 1 aromatic rings. The summed E-state index contributed by atoms with van der Waals surface area (Å²) in [5.74, 6) is 0.661. The lowest BCUT2D eigenvalue weighted by Crippen LogP contribution is -2.30. The first kappa shape index (κ1) is 18.9. The van der Waals surface area contributed by atoms with Gasteiger partial charge in [0.25, 0.3) is 0 Å². The predicted molar refractivity (Wildman–Crippen MR) is 97.8 cm³/mol. The topological polar surface area (TPSA) is 67.4 Å². The molecule has 0 saturated heterocycles. The zero-order valence-corrected chi connectivity index (χ0v) is 15.8. The van der Waals surface area contributed by atoms with Gasteiger partial charge in [-0.2, -0.15) is 0 Å². The van der Waals surface area contributed by atoms with Crippen molar-refractivity contribution in [1.82, 2.24) is 5.32 Å². The van der Waals surface area contributed by atoms with Gasteiger partial charge in [0, 0.05) is 4.88 Å². The van der Waals surface area contributed by atoms with Crippen molar-refractivity contribution in [3.05, 3.63) is 16.0 Å². The van der Waals surface area contributed by atoms with Gasteiger partial charge in [0.05, 0.1) is 18.7 Å². The van der Waals surface area contributed by atoms with Crippen LogP contribution in [-0.4, -0.2) is 31.6 Å². The molecule has 6 heteroatoms. The Balaban J connectivity index is 2.15. The van der Waals surface area contributed by atoms with Crippen LogP contribution >= 0.6 is 11.3 Å². The normalized spacial score (nSPS) is 16.8. The van der Waals surface area contributed by atoms with E-state index in [2.05, 4.69) is 31.4 Å². The minimum atomic E-state index is -0.324. The number of thiophene rings is 1. The van der Waals surface area contributed by atoms with E-state index in [9.17, 15) is 9.59 Å². The predicted octanol–water partition coefficient (Wildman–Crippen LogP) is 3.23. The fraction of sp³-hybridized carbons (Fsp3) is 0.667. The van der Waals surface area contributed by atoms with Crippen LogP contribution in [-0.2, 0) is 22.4 Å². The SMILES string of the molecule is CCOC(=O)c1c(NC(=O)CNCC(C)C)sc2c1CC[C@H](C)C2. The molecule has 2 rings (SSSR count). The molecule has 0 aromatic carbocycles. The van der Waals surface area contributed by atoms with Crippen LogP contribution in [0.2, 0.25) is 0 Å². The standard InChI is InChI=1S/C18H28N2O3S/c1-5-23-18(22)16-13-7-6-12(4)8-14(13)24-17(16)20-15(21)10-19-9-11(2)3/h11-12,19H,5-10H2,1-4H3,(H,20,21)/t12-/m0/s1. The number of esters is 1. The number of rotatable bonds is 7. The van der Waals surface area contributed by atoms with E-state index in [0.29, 0.717) is 29.0 Å². The van der Waals surface area contributed by atoms with Crippen LogP contribution < -0.4 is 10.6 Å². The second-order valence-corrected chi connectivity index (χ2v) is 7.95. The van der Waals surface area contributed by atoms with Crippen molar-refractivity contribution in [2.75, 3.05) is 25.0 Å². The summed E-state index contributed by atoms with van der Waals surface area (Å²) in [7, 11) is 0. The highest BCUT2D eigenvalue weighted by Gasteiger charge is 2.29. The molecule has 0 bridgehead atoms. The molecular formula is C18H28N2O3S. The van der Waals surface area contributed by atoms with Gasteiger partial charge in [-0.3, -0.25) is 4.79 Å². The number of ether oxygens (including phenoxy) is 1. The summed E-state index contributed by atoms with van der Waals surface area (Å²) in [5, 5.41) is 6.68. The van der Waals surface area contributed by atoms with Gasteiger partial charge in [0.1, 0.15) is 5.00 Å². The number of carbonyl (C=O) groups is 2. The Kier molecular flexibility index (Phi) is 6.80. The van der Waals surface area contributed by atoms with Crippen LogP contribution in [0.1, 0.15) is 54.9 Å². The van der Waals surface area contributed by atoms with Crippen molar-refractivity contribution >= 4 is 28.2 Å². The third kappa shape index (κ3) is 4.80. The summed E-state index contributed by atoms with van der Waals surface area (Å²) in [6, 6.07) is 0. The Labute approximate surface area is 148 Å². The Hall–Kier alpha value is -1.40. The number of carbonyl (C=O) groups excluding carboxylic acids is 2. The van der Waals surface area contributed by atoms with Gasteiger partial charge >= 0.3 is 5.97 Å². The highest BCUT2D eigenvalue weighted by atomic mass is 32.1. The van der Waals surface area contributed by atoms with E-state index in [1.54, 1.807) is 6.92 Å². The molecule has 1 heterocycles. The lowest BCUT2D eigenvalue weighted by Gasteiger charge is -2.18. The molecule has 0 aliphatic heterocycles. The van der Waals surface area contributed by atoms with Crippen LogP contribution in [0, 0.1) is 11.8 Å². The van der Waals surface area contributed by atoms with Gasteiger partial charge in [-0.15, -0.1) is 11.3 Å². The molecule has 1 atom stereocenters. The molecule has 24 heavy (non-hydrogen) atoms. The largest absolute Gasteiger partial charge is 0.462 e. The Morgan fingerprint density at radius 1 is 1.38 bits per heavy atom. The highest BCUT2D eigenvalue weighted by molar-refractivity contribution is 7.17. The molecule has 1 aliphatic carbocycles. The van der Waals surface area contributed by atoms with Gasteiger partial charge < -0.3 is 15.4 Å².